The number of anilines is 1. The first-order chi connectivity index (χ1) is 7.96. The van der Waals surface area contributed by atoms with Gasteiger partial charge in [-0.3, -0.25) is 0 Å². The Kier molecular flexibility index (Phi) is 3.04. The van der Waals surface area contributed by atoms with Gasteiger partial charge in [-0.1, -0.05) is 0 Å². The maximum Gasteiger partial charge on any atom is 0.573 e. The predicted molar refractivity (Wildman–Crippen MR) is 56.2 cm³/mol. The zero-order valence-corrected chi connectivity index (χ0v) is 9.00. The lowest BCUT2D eigenvalue weighted by molar-refractivity contribution is -0.274. The lowest BCUT2D eigenvalue weighted by Crippen LogP contribution is -2.19. The summed E-state index contributed by atoms with van der Waals surface area (Å²) in [5.41, 5.74) is 0.393. The summed E-state index contributed by atoms with van der Waals surface area (Å²) >= 11 is 0. The Morgan fingerprint density at radius 3 is 2.41 bits per heavy atom. The molecule has 0 atom stereocenters. The van der Waals surface area contributed by atoms with Crippen molar-refractivity contribution in [2.24, 2.45) is 0 Å². The van der Waals surface area contributed by atoms with Gasteiger partial charge < -0.3 is 14.7 Å². The Balaban J connectivity index is 2.22. The first kappa shape index (κ1) is 11.9. The SMILES string of the molecule is Oc1ccc(OC(F)(F)F)cc1N1CCCC1. The van der Waals surface area contributed by atoms with E-state index < -0.39 is 6.36 Å². The van der Waals surface area contributed by atoms with E-state index in [9.17, 15) is 18.3 Å². The second-order valence-corrected chi connectivity index (χ2v) is 3.89. The van der Waals surface area contributed by atoms with Crippen LogP contribution in [-0.2, 0) is 0 Å². The van der Waals surface area contributed by atoms with Gasteiger partial charge in [0, 0.05) is 19.2 Å². The van der Waals surface area contributed by atoms with Crippen LogP contribution in [0, 0.1) is 0 Å². The predicted octanol–water partition coefficient (Wildman–Crippen LogP) is 2.89. The molecular weight excluding hydrogens is 235 g/mol. The van der Waals surface area contributed by atoms with Gasteiger partial charge in [0.1, 0.15) is 11.5 Å². The van der Waals surface area contributed by atoms with Gasteiger partial charge in [0.2, 0.25) is 0 Å². The van der Waals surface area contributed by atoms with Gasteiger partial charge in [-0.05, 0) is 25.0 Å². The molecule has 94 valence electrons. The van der Waals surface area contributed by atoms with Crippen LogP contribution in [0.25, 0.3) is 0 Å². The molecule has 1 aliphatic heterocycles. The Morgan fingerprint density at radius 1 is 1.18 bits per heavy atom. The van der Waals surface area contributed by atoms with Crippen LogP contribution in [0.3, 0.4) is 0 Å². The molecule has 1 aliphatic rings. The molecule has 1 N–H and O–H groups in total. The zero-order chi connectivity index (χ0) is 12.5. The smallest absolute Gasteiger partial charge is 0.506 e. The summed E-state index contributed by atoms with van der Waals surface area (Å²) in [6.45, 7) is 1.48. The molecule has 3 nitrogen and oxygen atoms in total. The fraction of sp³-hybridized carbons (Fsp3) is 0.455. The van der Waals surface area contributed by atoms with Crippen molar-refractivity contribution in [1.29, 1.82) is 0 Å². The molecule has 0 bridgehead atoms. The van der Waals surface area contributed by atoms with E-state index in [1.165, 1.54) is 12.1 Å². The van der Waals surface area contributed by atoms with Crippen molar-refractivity contribution >= 4 is 5.69 Å². The number of phenols is 1. The lowest BCUT2D eigenvalue weighted by atomic mass is 10.2. The molecule has 0 radical (unpaired) electrons. The monoisotopic (exact) mass is 247 g/mol. The number of hydrogen-bond acceptors (Lipinski definition) is 3. The van der Waals surface area contributed by atoms with E-state index in [0.717, 1.165) is 32.0 Å². The summed E-state index contributed by atoms with van der Waals surface area (Å²) in [5.74, 6) is -0.335. The van der Waals surface area contributed by atoms with Crippen molar-refractivity contribution in [2.45, 2.75) is 19.2 Å². The summed E-state index contributed by atoms with van der Waals surface area (Å²) in [5, 5.41) is 9.62. The number of aromatic hydroxyl groups is 1. The van der Waals surface area contributed by atoms with Gasteiger partial charge in [0.05, 0.1) is 5.69 Å². The second-order valence-electron chi connectivity index (χ2n) is 3.89. The minimum absolute atomic E-state index is 0.0265. The molecule has 0 unspecified atom stereocenters. The molecule has 0 amide bonds. The number of nitrogens with zero attached hydrogens (tertiary/aromatic N) is 1. The van der Waals surface area contributed by atoms with Crippen LogP contribution in [0.15, 0.2) is 18.2 Å². The zero-order valence-electron chi connectivity index (χ0n) is 9.00. The van der Waals surface area contributed by atoms with Gasteiger partial charge in [-0.15, -0.1) is 13.2 Å². The summed E-state index contributed by atoms with van der Waals surface area (Å²) < 4.78 is 40.0. The van der Waals surface area contributed by atoms with Crippen molar-refractivity contribution in [3.63, 3.8) is 0 Å². The molecular formula is C11H12F3NO2. The maximum atomic E-state index is 12.1. The van der Waals surface area contributed by atoms with Gasteiger partial charge in [0.25, 0.3) is 0 Å². The third kappa shape index (κ3) is 2.95. The summed E-state index contributed by atoms with van der Waals surface area (Å²) in [6.07, 6.45) is -2.76. The van der Waals surface area contributed by atoms with Crippen molar-refractivity contribution in [3.05, 3.63) is 18.2 Å². The van der Waals surface area contributed by atoms with Gasteiger partial charge in [-0.2, -0.15) is 0 Å². The average Bonchev–Trinajstić information content (AvgIpc) is 2.72. The molecule has 6 heteroatoms. The number of benzene rings is 1. The summed E-state index contributed by atoms with van der Waals surface area (Å²) in [7, 11) is 0. The van der Waals surface area contributed by atoms with E-state index >= 15 is 0 Å². The Bertz CT molecular complexity index is 400. The molecule has 0 spiro atoms. The van der Waals surface area contributed by atoms with Crippen molar-refractivity contribution in [2.75, 3.05) is 18.0 Å². The third-order valence-electron chi connectivity index (χ3n) is 2.63. The van der Waals surface area contributed by atoms with E-state index in [2.05, 4.69) is 4.74 Å². The van der Waals surface area contributed by atoms with E-state index in [-0.39, 0.29) is 11.5 Å². The number of hydrogen-bond donors (Lipinski definition) is 1. The molecule has 1 saturated heterocycles. The topological polar surface area (TPSA) is 32.7 Å². The molecule has 0 aliphatic carbocycles. The largest absolute Gasteiger partial charge is 0.573 e. The number of rotatable bonds is 2. The van der Waals surface area contributed by atoms with Gasteiger partial charge >= 0.3 is 6.36 Å². The highest BCUT2D eigenvalue weighted by atomic mass is 19.4. The minimum atomic E-state index is -4.71. The van der Waals surface area contributed by atoms with E-state index in [4.69, 9.17) is 0 Å². The van der Waals surface area contributed by atoms with E-state index in [1.807, 2.05) is 4.90 Å². The third-order valence-corrected chi connectivity index (χ3v) is 2.63. The van der Waals surface area contributed by atoms with Crippen LogP contribution in [0.5, 0.6) is 11.5 Å². The quantitative estimate of drug-likeness (QED) is 0.872. The average molecular weight is 247 g/mol. The Morgan fingerprint density at radius 2 is 1.82 bits per heavy atom. The number of alkyl halides is 3. The molecule has 1 heterocycles. The second kappa shape index (κ2) is 4.35. The first-order valence-corrected chi connectivity index (χ1v) is 5.29. The molecule has 0 saturated carbocycles. The highest BCUT2D eigenvalue weighted by molar-refractivity contribution is 5.61. The van der Waals surface area contributed by atoms with Crippen LogP contribution >= 0.6 is 0 Å². The van der Waals surface area contributed by atoms with Crippen molar-refractivity contribution in [3.8, 4) is 11.5 Å². The van der Waals surface area contributed by atoms with Crippen LogP contribution < -0.4 is 9.64 Å². The van der Waals surface area contributed by atoms with Gasteiger partial charge in [0.15, 0.2) is 0 Å². The molecule has 2 rings (SSSR count). The molecule has 0 aromatic heterocycles. The fourth-order valence-corrected chi connectivity index (χ4v) is 1.91. The molecule has 1 fully saturated rings. The molecule has 1 aromatic rings. The Hall–Kier alpha value is -1.59. The lowest BCUT2D eigenvalue weighted by Gasteiger charge is -2.20. The van der Waals surface area contributed by atoms with E-state index in [1.54, 1.807) is 0 Å². The van der Waals surface area contributed by atoms with Crippen LogP contribution in [0.4, 0.5) is 18.9 Å². The van der Waals surface area contributed by atoms with E-state index in [0.29, 0.717) is 5.69 Å². The fourth-order valence-electron chi connectivity index (χ4n) is 1.91. The standard InChI is InChI=1S/C11H12F3NO2/c12-11(13,14)17-8-3-4-10(16)9(7-8)15-5-1-2-6-15/h3-4,7,16H,1-2,5-6H2. The first-order valence-electron chi connectivity index (χ1n) is 5.29. The number of halogens is 3. The number of ether oxygens (including phenoxy) is 1. The summed E-state index contributed by atoms with van der Waals surface area (Å²) in [4.78, 5) is 1.85. The minimum Gasteiger partial charge on any atom is -0.506 e. The Labute approximate surface area is 96.4 Å². The van der Waals surface area contributed by atoms with Gasteiger partial charge in [-0.25, -0.2) is 0 Å². The normalized spacial score (nSPS) is 16.3. The van der Waals surface area contributed by atoms with Crippen molar-refractivity contribution in [1.82, 2.24) is 0 Å². The molecule has 17 heavy (non-hydrogen) atoms. The highest BCUT2D eigenvalue weighted by Gasteiger charge is 2.31. The summed E-state index contributed by atoms with van der Waals surface area (Å²) in [6, 6.07) is 3.53. The number of phenolic OH excluding ortho intramolecular Hbond substituents is 1. The van der Waals surface area contributed by atoms with Crippen LogP contribution in [0.1, 0.15) is 12.8 Å². The maximum absolute atomic E-state index is 12.1. The van der Waals surface area contributed by atoms with Crippen LogP contribution in [-0.4, -0.2) is 24.6 Å². The van der Waals surface area contributed by atoms with Crippen molar-refractivity contribution < 1.29 is 23.0 Å². The highest BCUT2D eigenvalue weighted by Crippen LogP contribution is 2.35. The molecule has 1 aromatic carbocycles. The van der Waals surface area contributed by atoms with Crippen LogP contribution in [0.2, 0.25) is 0 Å².